The first-order chi connectivity index (χ1) is 15.4. The zero-order valence-electron chi connectivity index (χ0n) is 18.4. The molecule has 1 aromatic rings. The van der Waals surface area contributed by atoms with Crippen LogP contribution >= 0.6 is 0 Å². The van der Waals surface area contributed by atoms with E-state index in [1.807, 2.05) is 9.80 Å². The van der Waals surface area contributed by atoms with E-state index in [-0.39, 0.29) is 10.9 Å². The van der Waals surface area contributed by atoms with Crippen molar-refractivity contribution in [1.29, 1.82) is 0 Å². The fraction of sp³-hybridized carbons (Fsp3) is 0.609. The van der Waals surface area contributed by atoms with E-state index in [4.69, 9.17) is 0 Å². The molecular weight excluding hydrogens is 433 g/mol. The molecule has 0 spiro atoms. The second kappa shape index (κ2) is 8.33. The van der Waals surface area contributed by atoms with Crippen LogP contribution in [0.4, 0.5) is 15.8 Å². The number of anilines is 2. The predicted molar refractivity (Wildman–Crippen MR) is 120 cm³/mol. The van der Waals surface area contributed by atoms with E-state index in [0.717, 1.165) is 39.1 Å². The second-order valence-corrected chi connectivity index (χ2v) is 11.1. The number of carbonyl (C=O) groups excluding carboxylic acids is 1. The van der Waals surface area contributed by atoms with Gasteiger partial charge in [0.25, 0.3) is 0 Å². The van der Waals surface area contributed by atoms with Crippen LogP contribution in [0.3, 0.4) is 0 Å². The quantitative estimate of drug-likeness (QED) is 0.636. The molecular formula is C23H30FN3O4S. The molecule has 174 valence electrons. The summed E-state index contributed by atoms with van der Waals surface area (Å²) in [5.41, 5.74) is 0.883. The van der Waals surface area contributed by atoms with E-state index in [1.54, 1.807) is 6.07 Å². The summed E-state index contributed by atoms with van der Waals surface area (Å²) in [7, 11) is -3.00. The summed E-state index contributed by atoms with van der Waals surface area (Å²) in [5, 5.41) is 0. The SMILES string of the molecule is COC(=O)C1=CN(C2CC2)c2cc(N3CCN(C4CCCCC4)CC3)c(F)cc2S1(=O)=O. The molecule has 2 aliphatic heterocycles. The molecule has 0 atom stereocenters. The van der Waals surface area contributed by atoms with Gasteiger partial charge in [0.15, 0.2) is 4.91 Å². The van der Waals surface area contributed by atoms with Crippen LogP contribution in [0, 0.1) is 5.82 Å². The average molecular weight is 464 g/mol. The third-order valence-electron chi connectivity index (χ3n) is 7.21. The standard InChI is InChI=1S/C23H30FN3O4S/c1-31-23(28)22-15-27(17-7-8-17)20-14-19(18(24)13-21(20)32(22,29)30)26-11-9-25(10-12-26)16-5-3-2-4-6-16/h13-17H,2-12H2,1H3. The summed E-state index contributed by atoms with van der Waals surface area (Å²) >= 11 is 0. The highest BCUT2D eigenvalue weighted by Crippen LogP contribution is 2.44. The zero-order chi connectivity index (χ0) is 22.5. The van der Waals surface area contributed by atoms with E-state index in [9.17, 15) is 13.2 Å². The van der Waals surface area contributed by atoms with Crippen LogP contribution in [0.5, 0.6) is 0 Å². The van der Waals surface area contributed by atoms with Crippen molar-refractivity contribution in [3.05, 3.63) is 29.1 Å². The van der Waals surface area contributed by atoms with Gasteiger partial charge in [-0.2, -0.15) is 0 Å². The summed E-state index contributed by atoms with van der Waals surface area (Å²) in [6.07, 6.45) is 9.56. The van der Waals surface area contributed by atoms with E-state index in [0.29, 0.717) is 30.5 Å². The monoisotopic (exact) mass is 463 g/mol. The number of piperazine rings is 1. The molecule has 2 saturated carbocycles. The number of rotatable bonds is 4. The fourth-order valence-electron chi connectivity index (χ4n) is 5.27. The largest absolute Gasteiger partial charge is 0.465 e. The molecule has 5 rings (SSSR count). The molecule has 2 aliphatic carbocycles. The normalized spacial score (nSPS) is 24.1. The molecule has 9 heteroatoms. The van der Waals surface area contributed by atoms with Crippen LogP contribution in [0.1, 0.15) is 44.9 Å². The number of hydrogen-bond acceptors (Lipinski definition) is 7. The first-order valence-electron chi connectivity index (χ1n) is 11.6. The van der Waals surface area contributed by atoms with Gasteiger partial charge in [0.1, 0.15) is 5.82 Å². The number of halogens is 1. The van der Waals surface area contributed by atoms with Crippen molar-refractivity contribution >= 4 is 27.2 Å². The molecule has 32 heavy (non-hydrogen) atoms. The summed E-state index contributed by atoms with van der Waals surface area (Å²) in [5.74, 6) is -1.50. The van der Waals surface area contributed by atoms with Crippen LogP contribution in [0.25, 0.3) is 0 Å². The number of carbonyl (C=O) groups is 1. The van der Waals surface area contributed by atoms with Gasteiger partial charge in [-0.25, -0.2) is 17.6 Å². The van der Waals surface area contributed by atoms with Gasteiger partial charge < -0.3 is 14.5 Å². The van der Waals surface area contributed by atoms with Gasteiger partial charge in [-0.15, -0.1) is 0 Å². The Morgan fingerprint density at radius 3 is 2.28 bits per heavy atom. The number of hydrogen-bond donors (Lipinski definition) is 0. The van der Waals surface area contributed by atoms with Crippen molar-refractivity contribution in [3.63, 3.8) is 0 Å². The maximum absolute atomic E-state index is 15.2. The smallest absolute Gasteiger partial charge is 0.351 e. The van der Waals surface area contributed by atoms with E-state index in [1.165, 1.54) is 38.3 Å². The lowest BCUT2D eigenvalue weighted by molar-refractivity contribution is -0.135. The molecule has 0 bridgehead atoms. The van der Waals surface area contributed by atoms with E-state index >= 15 is 4.39 Å². The highest BCUT2D eigenvalue weighted by atomic mass is 32.2. The lowest BCUT2D eigenvalue weighted by Gasteiger charge is -2.42. The summed E-state index contributed by atoms with van der Waals surface area (Å²) < 4.78 is 46.1. The van der Waals surface area contributed by atoms with Crippen molar-refractivity contribution in [3.8, 4) is 0 Å². The second-order valence-electron chi connectivity index (χ2n) is 9.21. The highest BCUT2D eigenvalue weighted by molar-refractivity contribution is 7.96. The molecule has 3 fully saturated rings. The molecule has 7 nitrogen and oxygen atoms in total. The van der Waals surface area contributed by atoms with Crippen molar-refractivity contribution in [2.75, 3.05) is 43.1 Å². The van der Waals surface area contributed by atoms with Crippen molar-refractivity contribution in [2.24, 2.45) is 0 Å². The molecule has 4 aliphatic rings. The topological polar surface area (TPSA) is 70.2 Å². The van der Waals surface area contributed by atoms with E-state index < -0.39 is 26.5 Å². The maximum atomic E-state index is 15.2. The number of esters is 1. The Bertz CT molecular complexity index is 1040. The molecule has 1 saturated heterocycles. The Hall–Kier alpha value is -2.13. The summed E-state index contributed by atoms with van der Waals surface area (Å²) in [6.45, 7) is 3.20. The Balaban J connectivity index is 1.43. The maximum Gasteiger partial charge on any atom is 0.351 e. The Labute approximate surface area is 188 Å². The number of nitrogens with zero attached hydrogens (tertiary/aromatic N) is 3. The number of fused-ring (bicyclic) bond motifs is 1. The van der Waals surface area contributed by atoms with Crippen molar-refractivity contribution < 1.29 is 22.3 Å². The van der Waals surface area contributed by atoms with E-state index in [2.05, 4.69) is 9.64 Å². The van der Waals surface area contributed by atoms with Gasteiger partial charge in [0, 0.05) is 44.5 Å². The molecule has 2 heterocycles. The predicted octanol–water partition coefficient (Wildman–Crippen LogP) is 3.05. The first kappa shape index (κ1) is 21.7. The van der Waals surface area contributed by atoms with Gasteiger partial charge in [0.05, 0.1) is 23.4 Å². The Morgan fingerprint density at radius 2 is 1.66 bits per heavy atom. The lowest BCUT2D eigenvalue weighted by atomic mass is 9.94. The summed E-state index contributed by atoms with van der Waals surface area (Å²) in [6, 6.07) is 3.49. The minimum Gasteiger partial charge on any atom is -0.465 e. The van der Waals surface area contributed by atoms with Crippen LogP contribution in [0.15, 0.2) is 28.1 Å². The number of ether oxygens (including phenoxy) is 1. The number of benzene rings is 1. The van der Waals surface area contributed by atoms with Crippen LogP contribution in [-0.2, 0) is 19.4 Å². The van der Waals surface area contributed by atoms with Crippen LogP contribution in [-0.4, -0.2) is 64.7 Å². The first-order valence-corrected chi connectivity index (χ1v) is 13.0. The van der Waals surface area contributed by atoms with Crippen LogP contribution in [0.2, 0.25) is 0 Å². The minimum atomic E-state index is -4.15. The zero-order valence-corrected chi connectivity index (χ0v) is 19.2. The number of methoxy groups -OCH3 is 1. The highest BCUT2D eigenvalue weighted by Gasteiger charge is 2.42. The van der Waals surface area contributed by atoms with Crippen molar-refractivity contribution in [2.45, 2.75) is 61.9 Å². The average Bonchev–Trinajstić information content (AvgIpc) is 3.65. The molecule has 1 aromatic carbocycles. The molecule has 0 N–H and O–H groups in total. The summed E-state index contributed by atoms with van der Waals surface area (Å²) in [4.78, 5) is 17.9. The number of sulfone groups is 1. The van der Waals surface area contributed by atoms with Gasteiger partial charge >= 0.3 is 5.97 Å². The molecule has 0 aromatic heterocycles. The third-order valence-corrected chi connectivity index (χ3v) is 8.97. The van der Waals surface area contributed by atoms with Gasteiger partial charge in [-0.1, -0.05) is 19.3 Å². The molecule has 0 radical (unpaired) electrons. The third kappa shape index (κ3) is 3.79. The Morgan fingerprint density at radius 1 is 0.969 bits per heavy atom. The lowest BCUT2D eigenvalue weighted by Crippen LogP contribution is -2.51. The fourth-order valence-corrected chi connectivity index (χ4v) is 6.76. The Kier molecular flexibility index (Phi) is 5.65. The van der Waals surface area contributed by atoms with Crippen molar-refractivity contribution in [1.82, 2.24) is 4.90 Å². The molecule has 0 unspecified atom stereocenters. The van der Waals surface area contributed by atoms with Gasteiger partial charge in [-0.05, 0) is 37.8 Å². The molecule has 0 amide bonds. The van der Waals surface area contributed by atoms with Gasteiger partial charge in [-0.3, -0.25) is 4.90 Å². The minimum absolute atomic E-state index is 0.116. The van der Waals surface area contributed by atoms with Gasteiger partial charge in [0.2, 0.25) is 9.84 Å². The van der Waals surface area contributed by atoms with Crippen LogP contribution < -0.4 is 9.80 Å².